The van der Waals surface area contributed by atoms with Crippen molar-refractivity contribution in [3.63, 3.8) is 0 Å². The van der Waals surface area contributed by atoms with Crippen LogP contribution in [0.5, 0.6) is 5.75 Å². The zero-order valence-electron chi connectivity index (χ0n) is 29.5. The maximum atomic E-state index is 13.5. The Morgan fingerprint density at radius 3 is 2.65 bits per heavy atom. The Morgan fingerprint density at radius 2 is 1.94 bits per heavy atom. The maximum absolute atomic E-state index is 13.5. The van der Waals surface area contributed by atoms with E-state index in [1.165, 1.54) is 17.5 Å². The first-order valence-corrected chi connectivity index (χ1v) is 19.5. The van der Waals surface area contributed by atoms with Gasteiger partial charge < -0.3 is 24.4 Å². The first-order chi connectivity index (χ1) is 23.1. The number of benzene rings is 2. The number of carbonyl (C=O) groups excluding carboxylic acids is 1. The van der Waals surface area contributed by atoms with Gasteiger partial charge in [-0.2, -0.15) is 0 Å². The Hall–Kier alpha value is -2.17. The van der Waals surface area contributed by atoms with E-state index in [9.17, 15) is 14.1 Å². The van der Waals surface area contributed by atoms with Crippen molar-refractivity contribution in [1.82, 2.24) is 9.62 Å². The third-order valence-electron chi connectivity index (χ3n) is 11.2. The number of hydrogen-bond acceptors (Lipinski definition) is 7. The van der Waals surface area contributed by atoms with Gasteiger partial charge >= 0.3 is 0 Å². The van der Waals surface area contributed by atoms with Crippen LogP contribution in [0.15, 0.2) is 36.4 Å². The Morgan fingerprint density at radius 1 is 1.12 bits per heavy atom. The molecule has 0 spiro atoms. The predicted octanol–water partition coefficient (Wildman–Crippen LogP) is 6.46. The minimum atomic E-state index is -1.50. The number of aliphatic hydroxyl groups excluding tert-OH is 1. The van der Waals surface area contributed by atoms with Gasteiger partial charge in [0.05, 0.1) is 36.8 Å². The summed E-state index contributed by atoms with van der Waals surface area (Å²) in [4.78, 5) is 17.9. The van der Waals surface area contributed by atoms with Crippen molar-refractivity contribution >= 4 is 34.2 Å². The summed E-state index contributed by atoms with van der Waals surface area (Å²) in [6.45, 7) is 9.72. The number of nitrogens with one attached hydrogen (secondary N) is 1. The number of likely N-dealkylation sites (N-methyl/N-ethyl adjacent to an activating group) is 1. The summed E-state index contributed by atoms with van der Waals surface area (Å²) in [6.07, 6.45) is 7.32. The van der Waals surface area contributed by atoms with Crippen LogP contribution in [0.2, 0.25) is 5.02 Å². The summed E-state index contributed by atoms with van der Waals surface area (Å²) in [5.74, 6) is 2.21. The number of fused-ring (bicyclic) bond motifs is 2. The molecule has 1 aliphatic carbocycles. The minimum absolute atomic E-state index is 0.0235. The molecule has 8 atom stereocenters. The van der Waals surface area contributed by atoms with Crippen LogP contribution in [0.25, 0.3) is 0 Å². The van der Waals surface area contributed by atoms with E-state index in [0.717, 1.165) is 68.1 Å². The van der Waals surface area contributed by atoms with Gasteiger partial charge in [0.15, 0.2) is 0 Å². The van der Waals surface area contributed by atoms with E-state index in [-0.39, 0.29) is 35.6 Å². The molecule has 2 aliphatic heterocycles. The number of halogens is 1. The smallest absolute Gasteiger partial charge is 0.263 e. The van der Waals surface area contributed by atoms with Crippen molar-refractivity contribution in [3.05, 3.63) is 58.1 Å². The van der Waals surface area contributed by atoms with Crippen LogP contribution in [0.1, 0.15) is 86.7 Å². The molecule has 8 nitrogen and oxygen atoms in total. The van der Waals surface area contributed by atoms with Crippen molar-refractivity contribution in [3.8, 4) is 5.75 Å². The van der Waals surface area contributed by atoms with Gasteiger partial charge in [-0.05, 0) is 118 Å². The summed E-state index contributed by atoms with van der Waals surface area (Å²) in [6, 6.07) is 11.9. The zero-order chi connectivity index (χ0) is 34.4. The van der Waals surface area contributed by atoms with Crippen molar-refractivity contribution in [2.75, 3.05) is 58.5 Å². The number of rotatable bonds is 9. The third-order valence-corrected chi connectivity index (χ3v) is 13.0. The van der Waals surface area contributed by atoms with E-state index < -0.39 is 11.0 Å². The highest BCUT2D eigenvalue weighted by molar-refractivity contribution is 7.84. The molecule has 2 N–H and O–H groups in total. The molecule has 1 saturated carbocycles. The fourth-order valence-corrected chi connectivity index (χ4v) is 8.95. The van der Waals surface area contributed by atoms with Gasteiger partial charge in [-0.3, -0.25) is 9.52 Å². The molecule has 2 aromatic carbocycles. The predicted molar refractivity (Wildman–Crippen MR) is 196 cm³/mol. The molecule has 5 rings (SSSR count). The highest BCUT2D eigenvalue weighted by atomic mass is 35.5. The monoisotopic (exact) mass is 701 g/mol. The van der Waals surface area contributed by atoms with E-state index >= 15 is 0 Å². The number of anilines is 1. The first kappa shape index (κ1) is 37.1. The molecule has 0 aromatic heterocycles. The molecule has 2 aromatic rings. The number of carbonyl (C=O) groups is 1. The van der Waals surface area contributed by atoms with E-state index in [0.29, 0.717) is 43.1 Å². The van der Waals surface area contributed by atoms with Gasteiger partial charge in [-0.25, -0.2) is 4.21 Å². The summed E-state index contributed by atoms with van der Waals surface area (Å²) < 4.78 is 29.0. The van der Waals surface area contributed by atoms with Crippen molar-refractivity contribution in [1.29, 1.82) is 0 Å². The largest absolute Gasteiger partial charge is 0.491 e. The van der Waals surface area contributed by atoms with Crippen molar-refractivity contribution in [2.45, 2.75) is 82.9 Å². The second-order valence-electron chi connectivity index (χ2n) is 14.6. The molecular formula is C38H56ClN3O5S. The van der Waals surface area contributed by atoms with Crippen LogP contribution in [0.4, 0.5) is 5.69 Å². The number of amides is 1. The average molecular weight is 702 g/mol. The molecule has 2 heterocycles. The zero-order valence-corrected chi connectivity index (χ0v) is 31.0. The van der Waals surface area contributed by atoms with E-state index in [1.54, 1.807) is 6.07 Å². The molecule has 1 fully saturated rings. The summed E-state index contributed by atoms with van der Waals surface area (Å²) in [5.41, 5.74) is 3.96. The lowest BCUT2D eigenvalue weighted by Gasteiger charge is -2.45. The van der Waals surface area contributed by atoms with Gasteiger partial charge in [-0.15, -0.1) is 0 Å². The minimum Gasteiger partial charge on any atom is -0.491 e. The molecule has 1 amide bonds. The molecule has 0 radical (unpaired) electrons. The Balaban J connectivity index is 1.47. The van der Waals surface area contributed by atoms with Crippen molar-refractivity contribution in [2.24, 2.45) is 23.7 Å². The van der Waals surface area contributed by atoms with E-state index in [2.05, 4.69) is 35.6 Å². The average Bonchev–Trinajstić information content (AvgIpc) is 3.23. The van der Waals surface area contributed by atoms with Crippen LogP contribution in [-0.2, 0) is 22.1 Å². The highest BCUT2D eigenvalue weighted by Gasteiger charge is 2.39. The van der Waals surface area contributed by atoms with Crippen molar-refractivity contribution < 1.29 is 23.6 Å². The molecule has 10 heteroatoms. The lowest BCUT2D eigenvalue weighted by Crippen LogP contribution is -2.44. The molecule has 48 heavy (non-hydrogen) atoms. The number of hydrogen-bond donors (Lipinski definition) is 2. The summed E-state index contributed by atoms with van der Waals surface area (Å²) in [5, 5.41) is 10.4. The first-order valence-electron chi connectivity index (χ1n) is 18.0. The molecule has 8 unspecified atom stereocenters. The lowest BCUT2D eigenvalue weighted by atomic mass is 9.65. The molecule has 0 saturated heterocycles. The Labute approximate surface area is 295 Å². The van der Waals surface area contributed by atoms with Crippen LogP contribution >= 0.6 is 11.6 Å². The summed E-state index contributed by atoms with van der Waals surface area (Å²) in [7, 11) is 2.45. The number of aryl methyl sites for hydroxylation is 1. The molecule has 2 bridgehead atoms. The number of ether oxygens (including phenoxy) is 2. The van der Waals surface area contributed by atoms with Gasteiger partial charge in [-0.1, -0.05) is 44.4 Å². The molecular weight excluding hydrogens is 646 g/mol. The Bertz CT molecular complexity index is 1410. The second kappa shape index (κ2) is 17.2. The molecule has 3 aliphatic rings. The fraction of sp³-hybridized carbons (Fsp3) is 0.658. The van der Waals surface area contributed by atoms with E-state index in [1.807, 2.05) is 44.1 Å². The van der Waals surface area contributed by atoms with Crippen LogP contribution in [-0.4, -0.2) is 85.0 Å². The van der Waals surface area contributed by atoms with Gasteiger partial charge in [0.25, 0.3) is 5.91 Å². The van der Waals surface area contributed by atoms with Gasteiger partial charge in [0, 0.05) is 36.2 Å². The normalized spacial score (nSPS) is 28.9. The number of aliphatic hydroxyl groups is 1. The maximum Gasteiger partial charge on any atom is 0.263 e. The second-order valence-corrected chi connectivity index (χ2v) is 16.6. The van der Waals surface area contributed by atoms with Crippen LogP contribution in [0, 0.1) is 23.7 Å². The van der Waals surface area contributed by atoms with Gasteiger partial charge in [0.1, 0.15) is 16.7 Å². The summed E-state index contributed by atoms with van der Waals surface area (Å²) >= 11 is 6.46. The SMILES string of the molecule is CCCc1cc(Cl)ccc1C1COc2ccc3cc2N(C1)CC1CCC1C(COCC(CO)N(C)C)CCCC(C)C(C)S(=O)NC3=O. The fourth-order valence-electron chi connectivity index (χ4n) is 7.71. The topological polar surface area (TPSA) is 91.3 Å². The third kappa shape index (κ3) is 8.94. The molecule has 266 valence electrons. The lowest BCUT2D eigenvalue weighted by molar-refractivity contribution is -0.00608. The standard InChI is InChI=1S/C38H56ClN3O5S/c1-6-8-27-17-32(39)13-15-34(27)31-20-42-19-29-11-14-35(29)30(22-46-24-33(21-43)41(4)5)10-7-9-25(2)26(3)48(45)40-38(44)28-12-16-37(47-23-31)36(42)18-28/h12-13,15-18,25-26,29-31,33,35,43H,6-11,14,19-24H2,1-5H3,(H,40,44). The van der Waals surface area contributed by atoms with Crippen LogP contribution in [0.3, 0.4) is 0 Å². The number of nitrogens with zero attached hydrogens (tertiary/aromatic N) is 2. The van der Waals surface area contributed by atoms with Gasteiger partial charge in [0.2, 0.25) is 0 Å². The quantitative estimate of drug-likeness (QED) is 0.310. The van der Waals surface area contributed by atoms with Crippen LogP contribution < -0.4 is 14.4 Å². The highest BCUT2D eigenvalue weighted by Crippen LogP contribution is 2.45. The Kier molecular flexibility index (Phi) is 13.3. The van der Waals surface area contributed by atoms with E-state index in [4.69, 9.17) is 21.1 Å².